The molecular weight excluding hydrogens is 266 g/mol. The Morgan fingerprint density at radius 1 is 1.38 bits per heavy atom. The van der Waals surface area contributed by atoms with E-state index in [0.29, 0.717) is 25.9 Å². The first kappa shape index (κ1) is 15.3. The van der Waals surface area contributed by atoms with E-state index in [1.807, 2.05) is 30.3 Å². The van der Waals surface area contributed by atoms with Gasteiger partial charge in [0.15, 0.2) is 0 Å². The van der Waals surface area contributed by atoms with Crippen LogP contribution in [0.15, 0.2) is 43.0 Å². The lowest BCUT2D eigenvalue weighted by atomic mass is 9.93. The Kier molecular flexibility index (Phi) is 5.14. The van der Waals surface area contributed by atoms with Crippen molar-refractivity contribution in [3.05, 3.63) is 48.6 Å². The highest BCUT2D eigenvalue weighted by Gasteiger charge is 2.28. The van der Waals surface area contributed by atoms with Crippen LogP contribution >= 0.6 is 0 Å². The van der Waals surface area contributed by atoms with Gasteiger partial charge >= 0.3 is 5.97 Å². The van der Waals surface area contributed by atoms with Gasteiger partial charge < -0.3 is 10.0 Å². The summed E-state index contributed by atoms with van der Waals surface area (Å²) in [6.07, 6.45) is 3.54. The molecule has 1 amide bonds. The molecule has 1 saturated heterocycles. The fourth-order valence-corrected chi connectivity index (χ4v) is 2.76. The topological polar surface area (TPSA) is 57.6 Å². The molecule has 0 spiro atoms. The Hall–Kier alpha value is -2.10. The van der Waals surface area contributed by atoms with Gasteiger partial charge in [-0.15, -0.1) is 6.58 Å². The average Bonchev–Trinajstić information content (AvgIpc) is 2.53. The van der Waals surface area contributed by atoms with E-state index in [9.17, 15) is 9.59 Å². The highest BCUT2D eigenvalue weighted by atomic mass is 16.4. The summed E-state index contributed by atoms with van der Waals surface area (Å²) in [5.74, 6) is -1.25. The molecule has 0 aromatic heterocycles. The normalized spacial score (nSPS) is 19.8. The smallest absolute Gasteiger partial charge is 0.308 e. The largest absolute Gasteiger partial charge is 0.481 e. The van der Waals surface area contributed by atoms with Gasteiger partial charge in [0.25, 0.3) is 0 Å². The molecule has 1 aliphatic rings. The van der Waals surface area contributed by atoms with Crippen LogP contribution in [0.5, 0.6) is 0 Å². The summed E-state index contributed by atoms with van der Waals surface area (Å²) in [6, 6.07) is 9.79. The Bertz CT molecular complexity index is 512. The Morgan fingerprint density at radius 3 is 2.71 bits per heavy atom. The Morgan fingerprint density at radius 2 is 2.10 bits per heavy atom. The maximum Gasteiger partial charge on any atom is 0.308 e. The molecule has 2 rings (SSSR count). The number of carboxylic acid groups (broad SMARTS) is 1. The molecule has 1 aromatic carbocycles. The Labute approximate surface area is 125 Å². The lowest BCUT2D eigenvalue weighted by Gasteiger charge is -2.31. The molecular formula is C17H21NO3. The molecule has 1 aliphatic heterocycles. The molecule has 4 nitrogen and oxygen atoms in total. The van der Waals surface area contributed by atoms with Crippen LogP contribution in [0.1, 0.15) is 30.7 Å². The fraction of sp³-hybridized carbons (Fsp3) is 0.412. The molecule has 1 fully saturated rings. The number of aliphatic carboxylic acids is 1. The van der Waals surface area contributed by atoms with Gasteiger partial charge in [0, 0.05) is 25.4 Å². The van der Waals surface area contributed by atoms with Crippen molar-refractivity contribution in [2.24, 2.45) is 5.92 Å². The SMILES string of the molecule is C=C[C@@H](CC(=O)N1CCC[C@H](C(=O)O)C1)c1ccccc1. The van der Waals surface area contributed by atoms with E-state index in [1.54, 1.807) is 11.0 Å². The van der Waals surface area contributed by atoms with Crippen molar-refractivity contribution in [1.82, 2.24) is 4.90 Å². The van der Waals surface area contributed by atoms with Crippen molar-refractivity contribution in [3.63, 3.8) is 0 Å². The summed E-state index contributed by atoms with van der Waals surface area (Å²) in [6.45, 7) is 4.79. The molecule has 2 atom stereocenters. The van der Waals surface area contributed by atoms with Gasteiger partial charge in [-0.25, -0.2) is 0 Å². The number of carbonyl (C=O) groups is 2. The molecule has 0 unspecified atom stereocenters. The second-order valence-electron chi connectivity index (χ2n) is 5.47. The van der Waals surface area contributed by atoms with Crippen LogP contribution in [0.4, 0.5) is 0 Å². The quantitative estimate of drug-likeness (QED) is 0.847. The number of hydrogen-bond acceptors (Lipinski definition) is 2. The summed E-state index contributed by atoms with van der Waals surface area (Å²) >= 11 is 0. The van der Waals surface area contributed by atoms with Crippen molar-refractivity contribution >= 4 is 11.9 Å². The summed E-state index contributed by atoms with van der Waals surface area (Å²) in [4.78, 5) is 25.1. The molecule has 0 saturated carbocycles. The van der Waals surface area contributed by atoms with E-state index in [1.165, 1.54) is 0 Å². The minimum absolute atomic E-state index is 0.00898. The van der Waals surface area contributed by atoms with Gasteiger partial charge in [-0.2, -0.15) is 0 Å². The number of likely N-dealkylation sites (tertiary alicyclic amines) is 1. The summed E-state index contributed by atoms with van der Waals surface area (Å²) in [5.41, 5.74) is 1.06. The van der Waals surface area contributed by atoms with Gasteiger partial charge in [-0.05, 0) is 18.4 Å². The molecule has 1 aromatic rings. The van der Waals surface area contributed by atoms with Crippen LogP contribution in [-0.2, 0) is 9.59 Å². The van der Waals surface area contributed by atoms with Gasteiger partial charge in [-0.1, -0.05) is 36.4 Å². The number of allylic oxidation sites excluding steroid dienone is 1. The Balaban J connectivity index is 1.99. The predicted octanol–water partition coefficient (Wildman–Crippen LogP) is 2.67. The first-order chi connectivity index (χ1) is 10.1. The fourth-order valence-electron chi connectivity index (χ4n) is 2.76. The first-order valence-corrected chi connectivity index (χ1v) is 7.30. The third kappa shape index (κ3) is 3.94. The van der Waals surface area contributed by atoms with E-state index < -0.39 is 11.9 Å². The summed E-state index contributed by atoms with van der Waals surface area (Å²) in [7, 11) is 0. The molecule has 112 valence electrons. The lowest BCUT2D eigenvalue weighted by molar-refractivity contribution is -0.145. The molecule has 21 heavy (non-hydrogen) atoms. The molecule has 4 heteroatoms. The molecule has 1 N–H and O–H groups in total. The zero-order valence-corrected chi connectivity index (χ0v) is 12.1. The molecule has 0 aliphatic carbocycles. The zero-order chi connectivity index (χ0) is 15.2. The second kappa shape index (κ2) is 7.07. The molecule has 0 bridgehead atoms. The van der Waals surface area contributed by atoms with Gasteiger partial charge in [0.1, 0.15) is 0 Å². The van der Waals surface area contributed by atoms with Gasteiger partial charge in [0.2, 0.25) is 5.91 Å². The van der Waals surface area contributed by atoms with Gasteiger partial charge in [-0.3, -0.25) is 9.59 Å². The van der Waals surface area contributed by atoms with Crippen LogP contribution in [0, 0.1) is 5.92 Å². The predicted molar refractivity (Wildman–Crippen MR) is 80.9 cm³/mol. The van der Waals surface area contributed by atoms with Crippen LogP contribution in [0.3, 0.4) is 0 Å². The second-order valence-corrected chi connectivity index (χ2v) is 5.47. The number of carboxylic acids is 1. The van der Waals surface area contributed by atoms with Crippen LogP contribution in [0.2, 0.25) is 0 Å². The van der Waals surface area contributed by atoms with E-state index in [2.05, 4.69) is 6.58 Å². The molecule has 0 radical (unpaired) electrons. The van der Waals surface area contributed by atoms with Crippen LogP contribution in [0.25, 0.3) is 0 Å². The lowest BCUT2D eigenvalue weighted by Crippen LogP contribution is -2.42. The van der Waals surface area contributed by atoms with Crippen molar-refractivity contribution in [1.29, 1.82) is 0 Å². The van der Waals surface area contributed by atoms with Crippen molar-refractivity contribution in [3.8, 4) is 0 Å². The van der Waals surface area contributed by atoms with E-state index in [0.717, 1.165) is 12.0 Å². The minimum Gasteiger partial charge on any atom is -0.481 e. The van der Waals surface area contributed by atoms with Gasteiger partial charge in [0.05, 0.1) is 5.92 Å². The third-order valence-electron chi connectivity index (χ3n) is 4.03. The third-order valence-corrected chi connectivity index (χ3v) is 4.03. The molecule has 1 heterocycles. The van der Waals surface area contributed by atoms with Crippen molar-refractivity contribution in [2.75, 3.05) is 13.1 Å². The number of amides is 1. The standard InChI is InChI=1S/C17H21NO3/c1-2-13(14-7-4-3-5-8-14)11-16(19)18-10-6-9-15(12-18)17(20)21/h2-5,7-8,13,15H,1,6,9-12H2,(H,20,21)/t13-,15-/m0/s1. The van der Waals surface area contributed by atoms with Crippen molar-refractivity contribution in [2.45, 2.75) is 25.2 Å². The number of rotatable bonds is 5. The number of piperidine rings is 1. The van der Waals surface area contributed by atoms with Crippen LogP contribution in [-0.4, -0.2) is 35.0 Å². The van der Waals surface area contributed by atoms with Crippen LogP contribution < -0.4 is 0 Å². The number of carbonyl (C=O) groups excluding carboxylic acids is 1. The summed E-state index contributed by atoms with van der Waals surface area (Å²) in [5, 5.41) is 9.09. The van der Waals surface area contributed by atoms with E-state index in [4.69, 9.17) is 5.11 Å². The zero-order valence-electron chi connectivity index (χ0n) is 12.1. The number of hydrogen-bond donors (Lipinski definition) is 1. The maximum atomic E-state index is 12.4. The maximum absolute atomic E-state index is 12.4. The van der Waals surface area contributed by atoms with Crippen molar-refractivity contribution < 1.29 is 14.7 Å². The monoisotopic (exact) mass is 287 g/mol. The van der Waals surface area contributed by atoms with E-state index in [-0.39, 0.29) is 11.8 Å². The minimum atomic E-state index is -0.809. The highest BCUT2D eigenvalue weighted by Crippen LogP contribution is 2.24. The highest BCUT2D eigenvalue weighted by molar-refractivity contribution is 5.79. The van der Waals surface area contributed by atoms with E-state index >= 15 is 0 Å². The average molecular weight is 287 g/mol. The first-order valence-electron chi connectivity index (χ1n) is 7.30. The number of benzene rings is 1. The number of nitrogens with zero attached hydrogens (tertiary/aromatic N) is 1. The summed E-state index contributed by atoms with van der Waals surface area (Å²) < 4.78 is 0.